The molecule has 1 heterocycles. The molecule has 0 aliphatic carbocycles. The predicted octanol–water partition coefficient (Wildman–Crippen LogP) is 8.08. The smallest absolute Gasteiger partial charge is 0.330 e. The van der Waals surface area contributed by atoms with Crippen LogP contribution in [0.1, 0.15) is 119 Å². The van der Waals surface area contributed by atoms with Gasteiger partial charge in [-0.2, -0.15) is 0 Å². The molecule has 292 valence electrons. The highest BCUT2D eigenvalue weighted by Crippen LogP contribution is 2.40. The Labute approximate surface area is 320 Å². The van der Waals surface area contributed by atoms with Crippen molar-refractivity contribution in [2.45, 2.75) is 136 Å². The molecule has 11 nitrogen and oxygen atoms in total. The van der Waals surface area contributed by atoms with Gasteiger partial charge < -0.3 is 25.4 Å². The number of ether oxygens (including phenoxy) is 2. The van der Waals surface area contributed by atoms with E-state index in [0.29, 0.717) is 24.3 Å². The van der Waals surface area contributed by atoms with Gasteiger partial charge in [-0.1, -0.05) is 112 Å². The van der Waals surface area contributed by atoms with Gasteiger partial charge in [0, 0.05) is 22.4 Å². The third kappa shape index (κ3) is 9.90. The molecule has 1 fully saturated rings. The van der Waals surface area contributed by atoms with Crippen molar-refractivity contribution in [3.63, 3.8) is 0 Å². The summed E-state index contributed by atoms with van der Waals surface area (Å²) in [6.45, 7) is 21.5. The van der Waals surface area contributed by atoms with Gasteiger partial charge in [0.15, 0.2) is 17.9 Å². The number of carbonyl (C=O) groups excluding carboxylic acids is 5. The summed E-state index contributed by atoms with van der Waals surface area (Å²) in [4.78, 5) is 66.0. The second kappa shape index (κ2) is 17.3. The molecule has 3 rings (SSSR count). The number of nitrogens with one attached hydrogen (secondary N) is 3. The van der Waals surface area contributed by atoms with E-state index < -0.39 is 46.2 Å². The molecule has 12 heteroatoms. The van der Waals surface area contributed by atoms with Crippen LogP contribution in [0.2, 0.25) is 0 Å². The van der Waals surface area contributed by atoms with E-state index in [1.807, 2.05) is 19.9 Å². The van der Waals surface area contributed by atoms with E-state index in [1.165, 1.54) is 11.6 Å². The van der Waals surface area contributed by atoms with Crippen LogP contribution in [-0.4, -0.2) is 64.8 Å². The quantitative estimate of drug-likeness (QED) is 0.0487. The zero-order chi connectivity index (χ0) is 39.9. The zero-order valence-corrected chi connectivity index (χ0v) is 34.1. The molecule has 2 aromatic carbocycles. The number of urea groups is 1. The lowest BCUT2D eigenvalue weighted by atomic mass is 9.76. The van der Waals surface area contributed by atoms with Crippen LogP contribution in [-0.2, 0) is 34.7 Å². The van der Waals surface area contributed by atoms with Gasteiger partial charge >= 0.3 is 12.0 Å². The van der Waals surface area contributed by atoms with Crippen molar-refractivity contribution in [1.29, 1.82) is 0 Å². The largest absolute Gasteiger partial charge is 0.480 e. The number of halogens is 1. The summed E-state index contributed by atoms with van der Waals surface area (Å²) in [5.74, 6) is -2.35. The first-order valence-corrected chi connectivity index (χ1v) is 19.1. The first kappa shape index (κ1) is 43.3. The van der Waals surface area contributed by atoms with Crippen LogP contribution in [0.5, 0.6) is 5.75 Å². The lowest BCUT2D eigenvalue weighted by molar-refractivity contribution is -0.151. The summed E-state index contributed by atoms with van der Waals surface area (Å²) in [5, 5.41) is 8.06. The van der Waals surface area contributed by atoms with E-state index in [1.54, 1.807) is 39.0 Å². The third-order valence-corrected chi connectivity index (χ3v) is 10.7. The number of anilines is 2. The molecule has 4 amide bonds. The van der Waals surface area contributed by atoms with Crippen LogP contribution in [0.15, 0.2) is 42.5 Å². The number of alkyl halides is 1. The van der Waals surface area contributed by atoms with Crippen LogP contribution in [0.4, 0.5) is 16.2 Å². The van der Waals surface area contributed by atoms with Crippen molar-refractivity contribution in [3.8, 4) is 5.75 Å². The molecule has 3 atom stereocenters. The highest BCUT2D eigenvalue weighted by atomic mass is 35.5. The summed E-state index contributed by atoms with van der Waals surface area (Å²) in [6.07, 6.45) is 2.79. The summed E-state index contributed by atoms with van der Waals surface area (Å²) >= 11 is 6.95. The number of rotatable bonds is 17. The van der Waals surface area contributed by atoms with Crippen molar-refractivity contribution < 1.29 is 33.4 Å². The Morgan fingerprint density at radius 3 is 2.09 bits per heavy atom. The number of benzene rings is 2. The molecule has 53 heavy (non-hydrogen) atoms. The van der Waals surface area contributed by atoms with E-state index in [0.717, 1.165) is 29.7 Å². The molecule has 1 saturated heterocycles. The zero-order valence-electron chi connectivity index (χ0n) is 33.3. The summed E-state index contributed by atoms with van der Waals surface area (Å²) in [6, 6.07) is 10.4. The standard InChI is InChI=1S/C41H59ClN4O7/c1-12-16-22-52-34(48)30-25-43-37(51)46(30)41(42,35(49)38(5,6)7)36(50)45-28-19-17-18-27(24-28)44-33(47)31(13-2)53-32-21-20-26(39(8,9)14-3)23-29(32)40(10,11)15-4/h17-21,23-24,30-31H,12-16,22,25H2,1-11H3,(H,43,51)(H,44,47)(H,45,50). The Balaban J connectivity index is 1.89. The fourth-order valence-electron chi connectivity index (χ4n) is 5.84. The number of hydrogen-bond acceptors (Lipinski definition) is 7. The second-order valence-corrected chi connectivity index (χ2v) is 16.6. The molecule has 0 aromatic heterocycles. The highest BCUT2D eigenvalue weighted by molar-refractivity contribution is 6.49. The van der Waals surface area contributed by atoms with Crippen LogP contribution < -0.4 is 20.7 Å². The lowest BCUT2D eigenvalue weighted by Crippen LogP contribution is -2.65. The molecule has 1 aliphatic rings. The number of Topliss-reactive ketones (excluding diaryl/α,β-unsaturated/α-hetero) is 1. The summed E-state index contributed by atoms with van der Waals surface area (Å²) < 4.78 is 11.8. The van der Waals surface area contributed by atoms with Crippen molar-refractivity contribution >= 4 is 52.6 Å². The molecule has 0 radical (unpaired) electrons. The third-order valence-electron chi connectivity index (χ3n) is 10.2. The van der Waals surface area contributed by atoms with Crippen molar-refractivity contribution in [3.05, 3.63) is 53.6 Å². The maximum absolute atomic E-state index is 14.1. The van der Waals surface area contributed by atoms with Gasteiger partial charge in [-0.05, 0) is 66.3 Å². The molecular formula is C41H59ClN4O7. The van der Waals surface area contributed by atoms with Gasteiger partial charge in [-0.25, -0.2) is 9.59 Å². The molecule has 0 saturated carbocycles. The minimum Gasteiger partial charge on any atom is -0.480 e. The van der Waals surface area contributed by atoms with Gasteiger partial charge in [-0.15, -0.1) is 0 Å². The number of unbranched alkanes of at least 4 members (excludes halogenated alkanes) is 1. The average Bonchev–Trinajstić information content (AvgIpc) is 3.51. The van der Waals surface area contributed by atoms with Gasteiger partial charge in [0.25, 0.3) is 16.8 Å². The SMILES string of the molecule is CCCCOC(=O)C1CNC(=O)N1C(Cl)(C(=O)Nc1cccc(NC(=O)C(CC)Oc2ccc(C(C)(C)CC)cc2C(C)(C)CC)c1)C(=O)C(C)(C)C. The van der Waals surface area contributed by atoms with Gasteiger partial charge in [-0.3, -0.25) is 19.3 Å². The van der Waals surface area contributed by atoms with E-state index in [4.69, 9.17) is 21.1 Å². The number of nitrogens with zero attached hydrogens (tertiary/aromatic N) is 1. The molecule has 2 aromatic rings. The van der Waals surface area contributed by atoms with E-state index in [-0.39, 0.29) is 35.6 Å². The topological polar surface area (TPSA) is 143 Å². The molecule has 1 aliphatic heterocycles. The normalized spacial score (nSPS) is 16.6. The van der Waals surface area contributed by atoms with Crippen LogP contribution in [0.3, 0.4) is 0 Å². The molecule has 3 N–H and O–H groups in total. The maximum atomic E-state index is 14.1. The van der Waals surface area contributed by atoms with Crippen LogP contribution in [0.25, 0.3) is 0 Å². The van der Waals surface area contributed by atoms with Gasteiger partial charge in [0.2, 0.25) is 0 Å². The van der Waals surface area contributed by atoms with Crippen molar-refractivity contribution in [1.82, 2.24) is 10.2 Å². The lowest BCUT2D eigenvalue weighted by Gasteiger charge is -2.39. The van der Waals surface area contributed by atoms with Gasteiger partial charge in [0.05, 0.1) is 13.2 Å². The molecular weight excluding hydrogens is 696 g/mol. The fourth-order valence-corrected chi connectivity index (χ4v) is 6.37. The minimum absolute atomic E-state index is 0.0229. The van der Waals surface area contributed by atoms with Crippen molar-refractivity contribution in [2.24, 2.45) is 5.41 Å². The predicted molar refractivity (Wildman–Crippen MR) is 209 cm³/mol. The number of esters is 1. The molecule has 3 unspecified atom stereocenters. The highest BCUT2D eigenvalue weighted by Gasteiger charge is 2.60. The van der Waals surface area contributed by atoms with Gasteiger partial charge in [0.1, 0.15) is 5.75 Å². The summed E-state index contributed by atoms with van der Waals surface area (Å²) in [7, 11) is 0. The Kier molecular flexibility index (Phi) is 14.2. The average molecular weight is 755 g/mol. The fraction of sp³-hybridized carbons (Fsp3) is 0.585. The number of hydrogen-bond donors (Lipinski definition) is 3. The van der Waals surface area contributed by atoms with Crippen LogP contribution in [0, 0.1) is 5.41 Å². The Morgan fingerprint density at radius 1 is 0.906 bits per heavy atom. The molecule has 0 spiro atoms. The first-order chi connectivity index (χ1) is 24.7. The maximum Gasteiger partial charge on any atom is 0.330 e. The number of ketones is 1. The van der Waals surface area contributed by atoms with E-state index in [2.05, 4.69) is 69.6 Å². The first-order valence-electron chi connectivity index (χ1n) is 18.7. The molecule has 0 bridgehead atoms. The van der Waals surface area contributed by atoms with E-state index >= 15 is 0 Å². The Hall–Kier alpha value is -4.12. The monoisotopic (exact) mass is 754 g/mol. The Morgan fingerprint density at radius 2 is 1.53 bits per heavy atom. The number of carbonyl (C=O) groups is 5. The second-order valence-electron chi connectivity index (χ2n) is 16.0. The number of amides is 4. The minimum atomic E-state index is -2.61. The van der Waals surface area contributed by atoms with Crippen LogP contribution >= 0.6 is 11.6 Å². The Bertz CT molecular complexity index is 1670. The van der Waals surface area contributed by atoms with Crippen molar-refractivity contribution in [2.75, 3.05) is 23.8 Å². The summed E-state index contributed by atoms with van der Waals surface area (Å²) in [5.41, 5.74) is 1.37. The van der Waals surface area contributed by atoms with E-state index in [9.17, 15) is 24.0 Å².